The van der Waals surface area contributed by atoms with E-state index < -0.39 is 0 Å². The Labute approximate surface area is 107 Å². The van der Waals surface area contributed by atoms with Gasteiger partial charge in [-0.25, -0.2) is 0 Å². The van der Waals surface area contributed by atoms with Gasteiger partial charge >= 0.3 is 0 Å². The minimum Gasteiger partial charge on any atom is -0.311 e. The summed E-state index contributed by atoms with van der Waals surface area (Å²) in [6, 6.07) is 4.06. The Kier molecular flexibility index (Phi) is 4.65. The lowest BCUT2D eigenvalue weighted by Crippen LogP contribution is -2.30. The molecule has 1 aliphatic heterocycles. The van der Waals surface area contributed by atoms with E-state index >= 15 is 0 Å². The summed E-state index contributed by atoms with van der Waals surface area (Å²) in [5, 5.41) is 3.47. The lowest BCUT2D eigenvalue weighted by Gasteiger charge is -2.15. The van der Waals surface area contributed by atoms with Gasteiger partial charge in [-0.2, -0.15) is 0 Å². The number of rotatable bonds is 5. The molecule has 2 rings (SSSR count). The molecule has 1 aliphatic rings. The third kappa shape index (κ3) is 3.74. The standard InChI is InChI=1S/C12H19ClN2S/c1-10-4-6-15(9-10)7-5-14-8-11-2-3-12(13)16-11/h2-3,10,14H,4-9H2,1H3. The number of nitrogens with zero attached hydrogens (tertiary/aromatic N) is 1. The molecule has 16 heavy (non-hydrogen) atoms. The molecule has 1 atom stereocenters. The van der Waals surface area contributed by atoms with E-state index in [1.165, 1.54) is 30.9 Å². The Balaban J connectivity index is 1.58. The van der Waals surface area contributed by atoms with Crippen LogP contribution in [0.5, 0.6) is 0 Å². The number of halogens is 1. The quantitative estimate of drug-likeness (QED) is 0.817. The normalized spacial score (nSPS) is 21.8. The second-order valence-corrected chi connectivity index (χ2v) is 6.38. The first-order valence-corrected chi connectivity index (χ1v) is 7.11. The van der Waals surface area contributed by atoms with Gasteiger partial charge in [0.15, 0.2) is 0 Å². The van der Waals surface area contributed by atoms with Gasteiger partial charge in [0.2, 0.25) is 0 Å². The highest BCUT2D eigenvalue weighted by Gasteiger charge is 2.17. The average Bonchev–Trinajstić information content (AvgIpc) is 2.83. The van der Waals surface area contributed by atoms with Crippen LogP contribution in [-0.4, -0.2) is 31.1 Å². The maximum Gasteiger partial charge on any atom is 0.0931 e. The van der Waals surface area contributed by atoms with E-state index in [1.54, 1.807) is 11.3 Å². The van der Waals surface area contributed by atoms with Crippen LogP contribution in [0.2, 0.25) is 4.34 Å². The number of nitrogens with one attached hydrogen (secondary N) is 1. The van der Waals surface area contributed by atoms with Crippen LogP contribution in [-0.2, 0) is 6.54 Å². The van der Waals surface area contributed by atoms with Gasteiger partial charge in [-0.05, 0) is 31.0 Å². The Bertz CT molecular complexity index is 327. The molecule has 2 nitrogen and oxygen atoms in total. The second-order valence-electron chi connectivity index (χ2n) is 4.58. The summed E-state index contributed by atoms with van der Waals surface area (Å²) in [6.45, 7) is 8.06. The lowest BCUT2D eigenvalue weighted by atomic mass is 10.2. The molecule has 1 aromatic rings. The fourth-order valence-corrected chi connectivity index (χ4v) is 3.18. The first-order chi connectivity index (χ1) is 7.74. The molecule has 1 N–H and O–H groups in total. The maximum atomic E-state index is 5.88. The Morgan fingerprint density at radius 1 is 1.56 bits per heavy atom. The Morgan fingerprint density at radius 2 is 2.44 bits per heavy atom. The molecule has 1 unspecified atom stereocenters. The molecular weight excluding hydrogens is 240 g/mol. The monoisotopic (exact) mass is 258 g/mol. The van der Waals surface area contributed by atoms with Crippen molar-refractivity contribution in [1.82, 2.24) is 10.2 Å². The zero-order chi connectivity index (χ0) is 11.4. The van der Waals surface area contributed by atoms with Crippen LogP contribution in [0.15, 0.2) is 12.1 Å². The molecule has 0 bridgehead atoms. The predicted molar refractivity (Wildman–Crippen MR) is 71.3 cm³/mol. The highest BCUT2D eigenvalue weighted by Crippen LogP contribution is 2.21. The van der Waals surface area contributed by atoms with Crippen LogP contribution in [0, 0.1) is 5.92 Å². The third-order valence-electron chi connectivity index (χ3n) is 3.04. The smallest absolute Gasteiger partial charge is 0.0931 e. The van der Waals surface area contributed by atoms with E-state index in [2.05, 4.69) is 23.2 Å². The van der Waals surface area contributed by atoms with Gasteiger partial charge in [0, 0.05) is 31.1 Å². The van der Waals surface area contributed by atoms with Crippen molar-refractivity contribution < 1.29 is 0 Å². The fourth-order valence-electron chi connectivity index (χ4n) is 2.12. The molecule has 1 fully saturated rings. The molecule has 2 heterocycles. The van der Waals surface area contributed by atoms with Crippen molar-refractivity contribution in [3.63, 3.8) is 0 Å². The summed E-state index contributed by atoms with van der Waals surface area (Å²) in [5.74, 6) is 0.885. The minimum atomic E-state index is 0.880. The number of likely N-dealkylation sites (tertiary alicyclic amines) is 1. The Morgan fingerprint density at radius 3 is 3.06 bits per heavy atom. The molecule has 1 saturated heterocycles. The summed E-state index contributed by atoms with van der Waals surface area (Å²) < 4.78 is 0.880. The van der Waals surface area contributed by atoms with Gasteiger partial charge in [0.1, 0.15) is 0 Å². The zero-order valence-electron chi connectivity index (χ0n) is 9.71. The summed E-state index contributed by atoms with van der Waals surface area (Å²) in [5.41, 5.74) is 0. The molecule has 0 radical (unpaired) electrons. The van der Waals surface area contributed by atoms with Crippen molar-refractivity contribution in [2.24, 2.45) is 5.92 Å². The van der Waals surface area contributed by atoms with Crippen LogP contribution < -0.4 is 5.32 Å². The summed E-state index contributed by atoms with van der Waals surface area (Å²) >= 11 is 7.54. The van der Waals surface area contributed by atoms with Crippen molar-refractivity contribution in [1.29, 1.82) is 0 Å². The number of hydrogen-bond acceptors (Lipinski definition) is 3. The molecule has 0 aliphatic carbocycles. The summed E-state index contributed by atoms with van der Waals surface area (Å²) in [6.07, 6.45) is 1.36. The molecule has 0 spiro atoms. The predicted octanol–water partition coefficient (Wildman–Crippen LogP) is 2.83. The van der Waals surface area contributed by atoms with E-state index in [1.807, 2.05) is 6.07 Å². The van der Waals surface area contributed by atoms with E-state index in [0.29, 0.717) is 0 Å². The van der Waals surface area contributed by atoms with E-state index in [0.717, 1.165) is 23.3 Å². The van der Waals surface area contributed by atoms with Gasteiger partial charge in [-0.15, -0.1) is 11.3 Å². The van der Waals surface area contributed by atoms with Crippen LogP contribution >= 0.6 is 22.9 Å². The molecule has 0 amide bonds. The molecule has 1 aromatic heterocycles. The number of hydrogen-bond donors (Lipinski definition) is 1. The van der Waals surface area contributed by atoms with E-state index in [9.17, 15) is 0 Å². The van der Waals surface area contributed by atoms with Gasteiger partial charge < -0.3 is 10.2 Å². The van der Waals surface area contributed by atoms with Gasteiger partial charge in [0.25, 0.3) is 0 Å². The largest absolute Gasteiger partial charge is 0.311 e. The highest BCUT2D eigenvalue weighted by molar-refractivity contribution is 7.16. The van der Waals surface area contributed by atoms with Crippen LogP contribution in [0.1, 0.15) is 18.2 Å². The molecule has 0 saturated carbocycles. The molecule has 0 aromatic carbocycles. The fraction of sp³-hybridized carbons (Fsp3) is 0.667. The van der Waals surface area contributed by atoms with Crippen molar-refractivity contribution in [3.8, 4) is 0 Å². The summed E-state index contributed by atoms with van der Waals surface area (Å²) in [7, 11) is 0. The van der Waals surface area contributed by atoms with Crippen molar-refractivity contribution in [2.45, 2.75) is 19.9 Å². The van der Waals surface area contributed by atoms with E-state index in [4.69, 9.17) is 11.6 Å². The second kappa shape index (κ2) is 6.01. The lowest BCUT2D eigenvalue weighted by molar-refractivity contribution is 0.325. The maximum absolute atomic E-state index is 5.88. The molecular formula is C12H19ClN2S. The third-order valence-corrected chi connectivity index (χ3v) is 4.27. The first kappa shape index (κ1) is 12.4. The van der Waals surface area contributed by atoms with Crippen LogP contribution in [0.25, 0.3) is 0 Å². The van der Waals surface area contributed by atoms with Crippen LogP contribution in [0.3, 0.4) is 0 Å². The first-order valence-electron chi connectivity index (χ1n) is 5.91. The van der Waals surface area contributed by atoms with Crippen molar-refractivity contribution in [3.05, 3.63) is 21.3 Å². The average molecular weight is 259 g/mol. The molecule has 4 heteroatoms. The topological polar surface area (TPSA) is 15.3 Å². The highest BCUT2D eigenvalue weighted by atomic mass is 35.5. The Hall–Kier alpha value is -0.0900. The van der Waals surface area contributed by atoms with Gasteiger partial charge in [-0.1, -0.05) is 18.5 Å². The minimum absolute atomic E-state index is 0.880. The van der Waals surface area contributed by atoms with Gasteiger partial charge in [-0.3, -0.25) is 0 Å². The zero-order valence-corrected chi connectivity index (χ0v) is 11.3. The van der Waals surface area contributed by atoms with Gasteiger partial charge in [0.05, 0.1) is 4.34 Å². The van der Waals surface area contributed by atoms with Crippen molar-refractivity contribution in [2.75, 3.05) is 26.2 Å². The molecule has 90 valence electrons. The summed E-state index contributed by atoms with van der Waals surface area (Å²) in [4.78, 5) is 3.86. The van der Waals surface area contributed by atoms with Crippen LogP contribution in [0.4, 0.5) is 0 Å². The van der Waals surface area contributed by atoms with Crippen molar-refractivity contribution >= 4 is 22.9 Å². The number of thiophene rings is 1. The van der Waals surface area contributed by atoms with E-state index in [-0.39, 0.29) is 0 Å². The SMILES string of the molecule is CC1CCN(CCNCc2ccc(Cl)s2)C1.